The maximum atomic E-state index is 11.8. The van der Waals surface area contributed by atoms with Crippen molar-refractivity contribution in [3.8, 4) is 11.5 Å². The molecule has 6 nitrogen and oxygen atoms in total. The van der Waals surface area contributed by atoms with E-state index in [0.29, 0.717) is 19.6 Å². The molecule has 7 heteroatoms. The standard InChI is InChI=1S/C18H27NO5S/c1-5-6-9-23-17-13-15(2)18(16(3)14-17)24-10-7-11-25(20,21)12-8-19-22-4/h5-6,8,13-14H,7,9-12H2,1-4H3/b6-5+,19-8+. The number of oxime groups is 1. The molecule has 0 heterocycles. The van der Waals surface area contributed by atoms with Crippen LogP contribution in [0.3, 0.4) is 0 Å². The van der Waals surface area contributed by atoms with Crippen molar-refractivity contribution in [3.63, 3.8) is 0 Å². The van der Waals surface area contributed by atoms with E-state index in [0.717, 1.165) is 22.6 Å². The van der Waals surface area contributed by atoms with E-state index in [9.17, 15) is 8.42 Å². The van der Waals surface area contributed by atoms with Gasteiger partial charge in [-0.1, -0.05) is 17.3 Å². The molecule has 0 N–H and O–H groups in total. The average molecular weight is 369 g/mol. The predicted octanol–water partition coefficient (Wildman–Crippen LogP) is 3.07. The zero-order valence-corrected chi connectivity index (χ0v) is 16.1. The predicted molar refractivity (Wildman–Crippen MR) is 100 cm³/mol. The number of ether oxygens (including phenoxy) is 2. The molecule has 0 saturated carbocycles. The van der Waals surface area contributed by atoms with Gasteiger partial charge in [0.15, 0.2) is 9.84 Å². The van der Waals surface area contributed by atoms with Gasteiger partial charge in [-0.15, -0.1) is 0 Å². The van der Waals surface area contributed by atoms with Crippen LogP contribution >= 0.6 is 0 Å². The van der Waals surface area contributed by atoms with Crippen molar-refractivity contribution in [2.45, 2.75) is 27.2 Å². The Morgan fingerprint density at radius 3 is 2.44 bits per heavy atom. The highest BCUT2D eigenvalue weighted by Gasteiger charge is 2.11. The lowest BCUT2D eigenvalue weighted by Gasteiger charge is -2.14. The minimum atomic E-state index is -3.18. The highest BCUT2D eigenvalue weighted by molar-refractivity contribution is 7.92. The Hall–Kier alpha value is -2.02. The zero-order chi connectivity index (χ0) is 18.7. The number of sulfone groups is 1. The molecular weight excluding hydrogens is 342 g/mol. The average Bonchev–Trinajstić information content (AvgIpc) is 2.54. The molecular formula is C18H27NO5S. The van der Waals surface area contributed by atoms with Gasteiger partial charge in [0.2, 0.25) is 0 Å². The Labute approximate surface area is 150 Å². The van der Waals surface area contributed by atoms with Crippen molar-refractivity contribution in [1.82, 2.24) is 0 Å². The zero-order valence-electron chi connectivity index (χ0n) is 15.3. The van der Waals surface area contributed by atoms with Crippen LogP contribution in [0.2, 0.25) is 0 Å². The minimum absolute atomic E-state index is 0.0470. The van der Waals surface area contributed by atoms with Gasteiger partial charge in [0.1, 0.15) is 25.2 Å². The van der Waals surface area contributed by atoms with E-state index >= 15 is 0 Å². The second-order valence-corrected chi connectivity index (χ2v) is 7.78. The van der Waals surface area contributed by atoms with Crippen LogP contribution in [-0.2, 0) is 14.7 Å². The summed E-state index contributed by atoms with van der Waals surface area (Å²) in [6.45, 7) is 6.70. The second-order valence-electron chi connectivity index (χ2n) is 5.55. The third kappa shape index (κ3) is 8.07. The summed E-state index contributed by atoms with van der Waals surface area (Å²) in [6, 6.07) is 3.84. The van der Waals surface area contributed by atoms with Crippen LogP contribution in [0, 0.1) is 13.8 Å². The number of benzene rings is 1. The topological polar surface area (TPSA) is 74.2 Å². The van der Waals surface area contributed by atoms with Gasteiger partial charge in [-0.25, -0.2) is 8.42 Å². The molecule has 0 fully saturated rings. The van der Waals surface area contributed by atoms with Gasteiger partial charge in [-0.05, 0) is 50.5 Å². The monoisotopic (exact) mass is 369 g/mol. The fourth-order valence-electron chi connectivity index (χ4n) is 2.22. The van der Waals surface area contributed by atoms with Crippen LogP contribution in [0.5, 0.6) is 11.5 Å². The van der Waals surface area contributed by atoms with Crippen LogP contribution in [0.4, 0.5) is 0 Å². The van der Waals surface area contributed by atoms with Gasteiger partial charge in [0.05, 0.1) is 24.3 Å². The van der Waals surface area contributed by atoms with Crippen molar-refractivity contribution >= 4 is 16.1 Å². The first kappa shape index (κ1) is 21.0. The maximum Gasteiger partial charge on any atom is 0.155 e. The molecule has 0 aliphatic heterocycles. The first-order valence-electron chi connectivity index (χ1n) is 8.13. The lowest BCUT2D eigenvalue weighted by Crippen LogP contribution is -2.15. The van der Waals surface area contributed by atoms with E-state index in [4.69, 9.17) is 9.47 Å². The number of allylic oxidation sites excluding steroid dienone is 1. The lowest BCUT2D eigenvalue weighted by atomic mass is 10.1. The van der Waals surface area contributed by atoms with Crippen LogP contribution in [-0.4, -0.2) is 46.5 Å². The Morgan fingerprint density at radius 2 is 1.84 bits per heavy atom. The van der Waals surface area contributed by atoms with Gasteiger partial charge < -0.3 is 14.3 Å². The van der Waals surface area contributed by atoms with Crippen molar-refractivity contribution in [2.75, 3.05) is 31.8 Å². The van der Waals surface area contributed by atoms with Crippen molar-refractivity contribution < 1.29 is 22.7 Å². The molecule has 1 aromatic carbocycles. The van der Waals surface area contributed by atoms with E-state index in [1.54, 1.807) is 0 Å². The molecule has 0 saturated heterocycles. The number of rotatable bonds is 11. The number of hydrogen-bond donors (Lipinski definition) is 0. The van der Waals surface area contributed by atoms with Gasteiger partial charge in [-0.2, -0.15) is 0 Å². The molecule has 0 radical (unpaired) electrons. The van der Waals surface area contributed by atoms with E-state index in [1.165, 1.54) is 13.3 Å². The summed E-state index contributed by atoms with van der Waals surface area (Å²) in [7, 11) is -1.81. The molecule has 0 bridgehead atoms. The fraction of sp³-hybridized carbons (Fsp3) is 0.500. The highest BCUT2D eigenvalue weighted by Crippen LogP contribution is 2.28. The minimum Gasteiger partial charge on any atom is -0.493 e. The van der Waals surface area contributed by atoms with Crippen LogP contribution in [0.25, 0.3) is 0 Å². The molecule has 1 aromatic rings. The number of aryl methyl sites for hydroxylation is 2. The molecule has 0 atom stereocenters. The Balaban J connectivity index is 2.53. The Bertz CT molecular complexity index is 672. The third-order valence-electron chi connectivity index (χ3n) is 3.37. The molecule has 1 rings (SSSR count). The summed E-state index contributed by atoms with van der Waals surface area (Å²) in [5.41, 5.74) is 1.93. The number of hydrogen-bond acceptors (Lipinski definition) is 6. The molecule has 25 heavy (non-hydrogen) atoms. The Kier molecular flexibility index (Phi) is 9.05. The van der Waals surface area contributed by atoms with E-state index in [1.807, 2.05) is 45.1 Å². The van der Waals surface area contributed by atoms with Crippen molar-refractivity contribution in [2.24, 2.45) is 5.16 Å². The smallest absolute Gasteiger partial charge is 0.155 e. The van der Waals surface area contributed by atoms with Gasteiger partial charge in [-0.3, -0.25) is 0 Å². The van der Waals surface area contributed by atoms with Crippen LogP contribution in [0.1, 0.15) is 24.5 Å². The summed E-state index contributed by atoms with van der Waals surface area (Å²) >= 11 is 0. The van der Waals surface area contributed by atoms with Gasteiger partial charge in [0.25, 0.3) is 0 Å². The lowest BCUT2D eigenvalue weighted by molar-refractivity contribution is 0.215. The molecule has 0 amide bonds. The Morgan fingerprint density at radius 1 is 1.16 bits per heavy atom. The molecule has 0 aliphatic carbocycles. The third-order valence-corrected chi connectivity index (χ3v) is 4.94. The summed E-state index contributed by atoms with van der Waals surface area (Å²) in [6.07, 6.45) is 5.54. The SMILES string of the molecule is C/C=C/COc1cc(C)c(OCCCS(=O)(=O)C/C=N/OC)c(C)c1. The normalized spacial score (nSPS) is 12.0. The second kappa shape index (κ2) is 10.8. The van der Waals surface area contributed by atoms with E-state index < -0.39 is 9.84 Å². The summed E-state index contributed by atoms with van der Waals surface area (Å²) in [5.74, 6) is 1.49. The number of nitrogens with zero attached hydrogens (tertiary/aromatic N) is 1. The van der Waals surface area contributed by atoms with Crippen molar-refractivity contribution in [3.05, 3.63) is 35.4 Å². The molecule has 0 unspecified atom stereocenters. The van der Waals surface area contributed by atoms with E-state index in [2.05, 4.69) is 9.99 Å². The molecule has 0 aromatic heterocycles. The quantitative estimate of drug-likeness (QED) is 0.259. The fourth-order valence-corrected chi connectivity index (χ4v) is 3.23. The van der Waals surface area contributed by atoms with Crippen molar-refractivity contribution in [1.29, 1.82) is 0 Å². The maximum absolute atomic E-state index is 11.8. The highest BCUT2D eigenvalue weighted by atomic mass is 32.2. The van der Waals surface area contributed by atoms with E-state index in [-0.39, 0.29) is 11.5 Å². The van der Waals surface area contributed by atoms with Crippen LogP contribution < -0.4 is 9.47 Å². The van der Waals surface area contributed by atoms with Gasteiger partial charge in [0, 0.05) is 0 Å². The summed E-state index contributed by atoms with van der Waals surface area (Å²) in [4.78, 5) is 4.45. The first-order valence-corrected chi connectivity index (χ1v) is 9.95. The molecule has 140 valence electrons. The first-order chi connectivity index (χ1) is 11.9. The largest absolute Gasteiger partial charge is 0.493 e. The molecule has 0 spiro atoms. The van der Waals surface area contributed by atoms with Gasteiger partial charge >= 0.3 is 0 Å². The summed E-state index contributed by atoms with van der Waals surface area (Å²) in [5, 5.41) is 3.44. The summed E-state index contributed by atoms with van der Waals surface area (Å²) < 4.78 is 35.0. The molecule has 0 aliphatic rings. The van der Waals surface area contributed by atoms with Crippen LogP contribution in [0.15, 0.2) is 29.4 Å².